The van der Waals surface area contributed by atoms with Crippen LogP contribution in [0.15, 0.2) is 12.2 Å². The minimum absolute atomic E-state index is 0.0377. The van der Waals surface area contributed by atoms with E-state index in [-0.39, 0.29) is 28.8 Å². The average Bonchev–Trinajstić information content (AvgIpc) is 3.24. The molecule has 1 aliphatic carbocycles. The highest BCUT2D eigenvalue weighted by Crippen LogP contribution is 2.53. The maximum Gasteiger partial charge on any atom is 0.246 e. The first-order chi connectivity index (χ1) is 12.6. The molecule has 0 aromatic heterocycles. The van der Waals surface area contributed by atoms with Crippen LogP contribution in [0.1, 0.15) is 73.1 Å². The number of carbonyl (C=O) groups excluding carboxylic acids is 2. The molecule has 1 saturated heterocycles. The van der Waals surface area contributed by atoms with Crippen molar-refractivity contribution in [3.8, 4) is 0 Å². The summed E-state index contributed by atoms with van der Waals surface area (Å²) in [7, 11) is 0. The Morgan fingerprint density at radius 3 is 2.30 bits per heavy atom. The van der Waals surface area contributed by atoms with E-state index < -0.39 is 0 Å². The van der Waals surface area contributed by atoms with Gasteiger partial charge in [-0.2, -0.15) is 0 Å². The van der Waals surface area contributed by atoms with Gasteiger partial charge in [0.2, 0.25) is 11.8 Å². The van der Waals surface area contributed by atoms with Gasteiger partial charge in [0.05, 0.1) is 6.54 Å². The number of amides is 2. The second kappa shape index (κ2) is 8.76. The fourth-order valence-electron chi connectivity index (χ4n) is 4.20. The van der Waals surface area contributed by atoms with E-state index in [2.05, 4.69) is 36.0 Å². The van der Waals surface area contributed by atoms with Crippen molar-refractivity contribution in [1.82, 2.24) is 15.5 Å². The van der Waals surface area contributed by atoms with Crippen LogP contribution in [0.2, 0.25) is 0 Å². The molecule has 2 rings (SSSR count). The van der Waals surface area contributed by atoms with Gasteiger partial charge in [-0.3, -0.25) is 14.5 Å². The van der Waals surface area contributed by atoms with E-state index in [9.17, 15) is 9.59 Å². The minimum Gasteiger partial charge on any atom is -0.350 e. The third-order valence-electron chi connectivity index (χ3n) is 6.24. The van der Waals surface area contributed by atoms with Crippen molar-refractivity contribution < 1.29 is 9.59 Å². The van der Waals surface area contributed by atoms with E-state index in [0.717, 1.165) is 57.2 Å². The molecule has 5 heteroatoms. The molecule has 1 atom stereocenters. The zero-order valence-corrected chi connectivity index (χ0v) is 18.0. The van der Waals surface area contributed by atoms with Crippen molar-refractivity contribution in [1.29, 1.82) is 0 Å². The maximum atomic E-state index is 12.5. The SMILES string of the molecule is C=C(CC(CC)CC)C(=O)N[C@@H]1CC12CCN(CC(=O)NC(C)(C)C)CC2. The molecule has 0 unspecified atom stereocenters. The van der Waals surface area contributed by atoms with Gasteiger partial charge in [0, 0.05) is 17.2 Å². The number of likely N-dealkylation sites (tertiary alicyclic amines) is 1. The monoisotopic (exact) mass is 377 g/mol. The molecule has 0 aromatic carbocycles. The van der Waals surface area contributed by atoms with Crippen LogP contribution in [-0.4, -0.2) is 47.9 Å². The third kappa shape index (κ3) is 6.34. The summed E-state index contributed by atoms with van der Waals surface area (Å²) in [6.45, 7) is 16.7. The van der Waals surface area contributed by atoms with Crippen molar-refractivity contribution in [2.45, 2.75) is 84.7 Å². The molecule has 0 aromatic rings. The zero-order valence-electron chi connectivity index (χ0n) is 18.0. The van der Waals surface area contributed by atoms with Gasteiger partial charge in [0.25, 0.3) is 0 Å². The van der Waals surface area contributed by atoms with Crippen LogP contribution in [0.4, 0.5) is 0 Å². The molecule has 2 amide bonds. The Balaban J connectivity index is 1.73. The fraction of sp³-hybridized carbons (Fsp3) is 0.818. The highest BCUT2D eigenvalue weighted by Gasteiger charge is 2.55. The Bertz CT molecular complexity index is 552. The lowest BCUT2D eigenvalue weighted by atomic mass is 9.92. The second-order valence-electron chi connectivity index (χ2n) is 9.66. The van der Waals surface area contributed by atoms with Crippen molar-refractivity contribution >= 4 is 11.8 Å². The van der Waals surface area contributed by atoms with E-state index in [0.29, 0.717) is 12.5 Å². The van der Waals surface area contributed by atoms with Gasteiger partial charge in [0.15, 0.2) is 0 Å². The topological polar surface area (TPSA) is 61.4 Å². The van der Waals surface area contributed by atoms with Crippen LogP contribution in [0.5, 0.6) is 0 Å². The van der Waals surface area contributed by atoms with Gasteiger partial charge in [-0.1, -0.05) is 33.3 Å². The molecule has 2 N–H and O–H groups in total. The van der Waals surface area contributed by atoms with Crippen LogP contribution in [0, 0.1) is 11.3 Å². The maximum absolute atomic E-state index is 12.5. The summed E-state index contributed by atoms with van der Waals surface area (Å²) in [6.07, 6.45) is 6.16. The molecule has 1 saturated carbocycles. The lowest BCUT2D eigenvalue weighted by Crippen LogP contribution is -2.48. The first kappa shape index (κ1) is 21.9. The Kier molecular flexibility index (Phi) is 7.12. The smallest absolute Gasteiger partial charge is 0.246 e. The Hall–Kier alpha value is -1.36. The van der Waals surface area contributed by atoms with Gasteiger partial charge in [-0.25, -0.2) is 0 Å². The summed E-state index contributed by atoms with van der Waals surface area (Å²) in [5, 5.41) is 6.25. The fourth-order valence-corrected chi connectivity index (χ4v) is 4.20. The number of rotatable bonds is 8. The highest BCUT2D eigenvalue weighted by molar-refractivity contribution is 5.93. The Morgan fingerprint density at radius 1 is 1.19 bits per heavy atom. The van der Waals surface area contributed by atoms with Gasteiger partial charge in [-0.05, 0) is 70.9 Å². The average molecular weight is 378 g/mol. The second-order valence-corrected chi connectivity index (χ2v) is 9.66. The molecule has 0 bridgehead atoms. The van der Waals surface area contributed by atoms with Crippen molar-refractivity contribution in [3.05, 3.63) is 12.2 Å². The molecule has 154 valence electrons. The van der Waals surface area contributed by atoms with E-state index in [1.165, 1.54) is 0 Å². The Labute approximate surface area is 165 Å². The van der Waals surface area contributed by atoms with Crippen LogP contribution in [0.25, 0.3) is 0 Å². The standard InChI is InChI=1S/C22H39N3O2/c1-7-17(8-2)13-16(3)20(27)23-18-14-22(18)9-11-25(12-10-22)15-19(26)24-21(4,5)6/h17-18H,3,7-15H2,1-2,4-6H3,(H,23,27)(H,24,26)/t18-/m1/s1. The molecule has 1 heterocycles. The summed E-state index contributed by atoms with van der Waals surface area (Å²) in [5.41, 5.74) is 0.792. The predicted molar refractivity (Wildman–Crippen MR) is 110 cm³/mol. The number of carbonyl (C=O) groups is 2. The molecule has 2 fully saturated rings. The number of piperidine rings is 1. The summed E-state index contributed by atoms with van der Waals surface area (Å²) >= 11 is 0. The number of nitrogens with one attached hydrogen (secondary N) is 2. The largest absolute Gasteiger partial charge is 0.350 e. The van der Waals surface area contributed by atoms with E-state index in [4.69, 9.17) is 0 Å². The molecule has 1 aliphatic heterocycles. The molecular formula is C22H39N3O2. The number of hydrogen-bond donors (Lipinski definition) is 2. The quantitative estimate of drug-likeness (QED) is 0.638. The first-order valence-corrected chi connectivity index (χ1v) is 10.6. The zero-order chi connectivity index (χ0) is 20.2. The van der Waals surface area contributed by atoms with Gasteiger partial charge >= 0.3 is 0 Å². The molecule has 27 heavy (non-hydrogen) atoms. The van der Waals surface area contributed by atoms with Crippen LogP contribution in [0.3, 0.4) is 0 Å². The summed E-state index contributed by atoms with van der Waals surface area (Å²) in [6, 6.07) is 0.286. The van der Waals surface area contributed by atoms with Gasteiger partial charge < -0.3 is 10.6 Å². The molecule has 2 aliphatic rings. The van der Waals surface area contributed by atoms with E-state index in [1.54, 1.807) is 0 Å². The van der Waals surface area contributed by atoms with Crippen molar-refractivity contribution in [2.75, 3.05) is 19.6 Å². The lowest BCUT2D eigenvalue weighted by Gasteiger charge is -2.33. The molecule has 1 spiro atoms. The van der Waals surface area contributed by atoms with E-state index >= 15 is 0 Å². The molecule has 5 nitrogen and oxygen atoms in total. The minimum atomic E-state index is -0.184. The van der Waals surface area contributed by atoms with Crippen LogP contribution < -0.4 is 10.6 Å². The van der Waals surface area contributed by atoms with Gasteiger partial charge in [-0.15, -0.1) is 0 Å². The normalized spacial score (nSPS) is 21.9. The number of nitrogens with zero attached hydrogens (tertiary/aromatic N) is 1. The first-order valence-electron chi connectivity index (χ1n) is 10.6. The lowest BCUT2D eigenvalue weighted by molar-refractivity contribution is -0.124. The summed E-state index contributed by atoms with van der Waals surface area (Å²) in [4.78, 5) is 26.8. The highest BCUT2D eigenvalue weighted by atomic mass is 16.2. The molecule has 0 radical (unpaired) electrons. The summed E-state index contributed by atoms with van der Waals surface area (Å²) in [5.74, 6) is 0.687. The third-order valence-corrected chi connectivity index (χ3v) is 6.24. The van der Waals surface area contributed by atoms with Crippen LogP contribution in [-0.2, 0) is 9.59 Å². The van der Waals surface area contributed by atoms with Crippen molar-refractivity contribution in [2.24, 2.45) is 11.3 Å². The van der Waals surface area contributed by atoms with Gasteiger partial charge in [0.1, 0.15) is 0 Å². The number of hydrogen-bond acceptors (Lipinski definition) is 3. The predicted octanol–water partition coefficient (Wildman–Crippen LogP) is 3.25. The van der Waals surface area contributed by atoms with Crippen molar-refractivity contribution in [3.63, 3.8) is 0 Å². The van der Waals surface area contributed by atoms with Crippen LogP contribution >= 0.6 is 0 Å². The Morgan fingerprint density at radius 2 is 1.78 bits per heavy atom. The summed E-state index contributed by atoms with van der Waals surface area (Å²) < 4.78 is 0. The van der Waals surface area contributed by atoms with E-state index in [1.807, 2.05) is 20.8 Å². The molecular weight excluding hydrogens is 338 g/mol.